The molecule has 0 rings (SSSR count). The van der Waals surface area contributed by atoms with Crippen molar-refractivity contribution in [1.82, 2.24) is 5.32 Å². The third kappa shape index (κ3) is 8.60. The van der Waals surface area contributed by atoms with E-state index in [4.69, 9.17) is 4.74 Å². The second kappa shape index (κ2) is 7.65. The van der Waals surface area contributed by atoms with Gasteiger partial charge in [-0.2, -0.15) is 11.8 Å². The topological polar surface area (TPSA) is 21.3 Å². The first kappa shape index (κ1) is 13.3. The summed E-state index contributed by atoms with van der Waals surface area (Å²) in [6.45, 7) is 8.40. The highest BCUT2D eigenvalue weighted by Crippen LogP contribution is 2.04. The maximum atomic E-state index is 5.12. The molecule has 0 aromatic carbocycles. The Hall–Kier alpha value is 0.270. The highest BCUT2D eigenvalue weighted by molar-refractivity contribution is 7.99. The fourth-order valence-corrected chi connectivity index (χ4v) is 1.79. The molecule has 1 N–H and O–H groups in total. The van der Waals surface area contributed by atoms with Crippen LogP contribution in [0.25, 0.3) is 0 Å². The number of ether oxygens (including phenoxy) is 1. The third-order valence-corrected chi connectivity index (χ3v) is 2.76. The summed E-state index contributed by atoms with van der Waals surface area (Å²) in [5.41, 5.74) is 0.117. The van der Waals surface area contributed by atoms with Crippen LogP contribution in [0.1, 0.15) is 27.2 Å². The van der Waals surface area contributed by atoms with Gasteiger partial charge in [-0.25, -0.2) is 0 Å². The molecule has 0 heterocycles. The molecule has 0 spiro atoms. The smallest absolute Gasteiger partial charge is 0.0639 e. The summed E-state index contributed by atoms with van der Waals surface area (Å²) < 4.78 is 5.12. The van der Waals surface area contributed by atoms with Crippen LogP contribution in [0, 0.1) is 0 Å². The van der Waals surface area contributed by atoms with Crippen LogP contribution in [-0.4, -0.2) is 37.3 Å². The Morgan fingerprint density at radius 2 is 2.08 bits per heavy atom. The van der Waals surface area contributed by atoms with Crippen LogP contribution in [0.5, 0.6) is 0 Å². The van der Waals surface area contributed by atoms with Gasteiger partial charge in [0.15, 0.2) is 0 Å². The van der Waals surface area contributed by atoms with Crippen molar-refractivity contribution in [3.05, 3.63) is 0 Å². The third-order valence-electron chi connectivity index (χ3n) is 1.78. The van der Waals surface area contributed by atoms with Crippen LogP contribution in [-0.2, 0) is 4.74 Å². The number of hydrogen-bond acceptors (Lipinski definition) is 3. The van der Waals surface area contributed by atoms with Crippen LogP contribution in [0.3, 0.4) is 0 Å². The normalized spacial score (nSPS) is 12.0. The lowest BCUT2D eigenvalue weighted by Crippen LogP contribution is -2.43. The summed E-state index contributed by atoms with van der Waals surface area (Å²) in [6, 6.07) is 0. The van der Waals surface area contributed by atoms with E-state index in [1.54, 1.807) is 7.11 Å². The molecular formula is C10H23NOS. The fourth-order valence-electron chi connectivity index (χ4n) is 1.16. The average Bonchev–Trinajstić information content (AvgIpc) is 2.04. The van der Waals surface area contributed by atoms with Crippen LogP contribution in [0.15, 0.2) is 0 Å². The highest BCUT2D eigenvalue weighted by Gasteiger charge is 2.15. The van der Waals surface area contributed by atoms with Gasteiger partial charge in [-0.05, 0) is 38.3 Å². The number of hydrogen-bond donors (Lipinski definition) is 1. The Morgan fingerprint density at radius 3 is 2.62 bits per heavy atom. The maximum Gasteiger partial charge on any atom is 0.0639 e. The van der Waals surface area contributed by atoms with E-state index in [0.717, 1.165) is 13.2 Å². The van der Waals surface area contributed by atoms with E-state index in [0.29, 0.717) is 0 Å². The Morgan fingerprint density at radius 1 is 1.38 bits per heavy atom. The quantitative estimate of drug-likeness (QED) is 0.614. The van der Waals surface area contributed by atoms with Crippen LogP contribution >= 0.6 is 11.8 Å². The molecule has 0 fully saturated rings. The molecule has 0 aliphatic rings. The summed E-state index contributed by atoms with van der Waals surface area (Å²) in [5.74, 6) is 2.48. The van der Waals surface area contributed by atoms with Gasteiger partial charge in [0.25, 0.3) is 0 Å². The lowest BCUT2D eigenvalue weighted by Gasteiger charge is -2.25. The summed E-state index contributed by atoms with van der Waals surface area (Å²) in [7, 11) is 1.75. The molecule has 2 nitrogen and oxygen atoms in total. The second-order valence-corrected chi connectivity index (χ2v) is 5.19. The van der Waals surface area contributed by atoms with Crippen molar-refractivity contribution < 1.29 is 4.74 Å². The summed E-state index contributed by atoms with van der Waals surface area (Å²) in [4.78, 5) is 0. The van der Waals surface area contributed by atoms with Crippen molar-refractivity contribution >= 4 is 11.8 Å². The first-order valence-corrected chi connectivity index (χ1v) is 6.09. The first-order chi connectivity index (χ1) is 6.12. The fraction of sp³-hybridized carbons (Fsp3) is 1.00. The minimum absolute atomic E-state index is 0.117. The summed E-state index contributed by atoms with van der Waals surface area (Å²) in [6.07, 6.45) is 1.24. The zero-order chi connectivity index (χ0) is 10.2. The minimum Gasteiger partial charge on any atom is -0.383 e. The Labute approximate surface area is 86.8 Å². The van der Waals surface area contributed by atoms with Crippen molar-refractivity contribution in [3.8, 4) is 0 Å². The largest absolute Gasteiger partial charge is 0.383 e. The molecule has 0 saturated carbocycles. The SMILES string of the molecule is CCSCCCNC(C)(C)COC. The van der Waals surface area contributed by atoms with Crippen LogP contribution in [0.2, 0.25) is 0 Å². The lowest BCUT2D eigenvalue weighted by atomic mass is 10.1. The molecule has 0 atom stereocenters. The first-order valence-electron chi connectivity index (χ1n) is 4.94. The number of thioether (sulfide) groups is 1. The summed E-state index contributed by atoms with van der Waals surface area (Å²) >= 11 is 2.00. The van der Waals surface area contributed by atoms with E-state index < -0.39 is 0 Å². The molecule has 3 heteroatoms. The van der Waals surface area contributed by atoms with Crippen LogP contribution in [0.4, 0.5) is 0 Å². The van der Waals surface area contributed by atoms with E-state index in [9.17, 15) is 0 Å². The molecule has 0 radical (unpaired) electrons. The second-order valence-electron chi connectivity index (χ2n) is 3.79. The maximum absolute atomic E-state index is 5.12. The molecule has 0 unspecified atom stereocenters. The van der Waals surface area contributed by atoms with Gasteiger partial charge in [-0.1, -0.05) is 6.92 Å². The number of nitrogens with one attached hydrogen (secondary N) is 1. The van der Waals surface area contributed by atoms with Crippen molar-refractivity contribution in [3.63, 3.8) is 0 Å². The van der Waals surface area contributed by atoms with Gasteiger partial charge in [0.2, 0.25) is 0 Å². The number of rotatable bonds is 8. The van der Waals surface area contributed by atoms with Gasteiger partial charge < -0.3 is 10.1 Å². The van der Waals surface area contributed by atoms with E-state index in [2.05, 4.69) is 26.1 Å². The van der Waals surface area contributed by atoms with Gasteiger partial charge >= 0.3 is 0 Å². The van der Waals surface area contributed by atoms with Crippen molar-refractivity contribution in [2.75, 3.05) is 31.8 Å². The molecule has 0 aliphatic carbocycles. The molecule has 13 heavy (non-hydrogen) atoms. The molecule has 0 aliphatic heterocycles. The number of methoxy groups -OCH3 is 1. The monoisotopic (exact) mass is 205 g/mol. The Kier molecular flexibility index (Phi) is 7.81. The predicted molar refractivity (Wildman–Crippen MR) is 61.6 cm³/mol. The Balaban J connectivity index is 3.29. The minimum atomic E-state index is 0.117. The van der Waals surface area contributed by atoms with E-state index >= 15 is 0 Å². The molecule has 0 bridgehead atoms. The molecule has 0 aromatic rings. The van der Waals surface area contributed by atoms with E-state index in [-0.39, 0.29) is 5.54 Å². The summed E-state index contributed by atoms with van der Waals surface area (Å²) in [5, 5.41) is 3.48. The average molecular weight is 205 g/mol. The van der Waals surface area contributed by atoms with Crippen LogP contribution < -0.4 is 5.32 Å². The standard InChI is InChI=1S/C10H23NOS/c1-5-13-8-6-7-11-10(2,3)9-12-4/h11H,5-9H2,1-4H3. The molecule has 80 valence electrons. The zero-order valence-electron chi connectivity index (χ0n) is 9.35. The van der Waals surface area contributed by atoms with Gasteiger partial charge in [0.1, 0.15) is 0 Å². The molecule has 0 aromatic heterocycles. The molecule has 0 amide bonds. The molecular weight excluding hydrogens is 182 g/mol. The van der Waals surface area contributed by atoms with Gasteiger partial charge in [-0.3, -0.25) is 0 Å². The Bertz CT molecular complexity index is 117. The van der Waals surface area contributed by atoms with Gasteiger partial charge in [-0.15, -0.1) is 0 Å². The van der Waals surface area contributed by atoms with Gasteiger partial charge in [0, 0.05) is 12.6 Å². The van der Waals surface area contributed by atoms with E-state index in [1.807, 2.05) is 11.8 Å². The lowest BCUT2D eigenvalue weighted by molar-refractivity contribution is 0.129. The van der Waals surface area contributed by atoms with Gasteiger partial charge in [0.05, 0.1) is 6.61 Å². The van der Waals surface area contributed by atoms with Crippen molar-refractivity contribution in [2.24, 2.45) is 0 Å². The predicted octanol–water partition coefficient (Wildman–Crippen LogP) is 2.14. The van der Waals surface area contributed by atoms with Crippen molar-refractivity contribution in [1.29, 1.82) is 0 Å². The highest BCUT2D eigenvalue weighted by atomic mass is 32.2. The molecule has 0 saturated heterocycles. The zero-order valence-corrected chi connectivity index (χ0v) is 10.2. The van der Waals surface area contributed by atoms with E-state index in [1.165, 1.54) is 17.9 Å². The van der Waals surface area contributed by atoms with Crippen molar-refractivity contribution in [2.45, 2.75) is 32.7 Å².